The number of nitrogens with two attached hydrogens (primary N) is 1. The molecule has 0 radical (unpaired) electrons. The lowest BCUT2D eigenvalue weighted by Crippen LogP contribution is -2.06. The Bertz CT molecular complexity index is 237. The van der Waals surface area contributed by atoms with Crippen molar-refractivity contribution in [3.8, 4) is 5.88 Å². The van der Waals surface area contributed by atoms with Gasteiger partial charge in [-0.05, 0) is 12.2 Å². The molecule has 0 aromatic carbocycles. The average Bonchev–Trinajstić information content (AvgIpc) is 1.98. The van der Waals surface area contributed by atoms with E-state index in [-0.39, 0.29) is 5.88 Å². The Labute approximate surface area is 50.5 Å². The van der Waals surface area contributed by atoms with Crippen molar-refractivity contribution in [2.45, 2.75) is 0 Å². The molecule has 0 amide bonds. The molecule has 1 aromatic heterocycles. The lowest BCUT2D eigenvalue weighted by molar-refractivity contribution is 0.437. The molecule has 4 N–H and O–H groups in total. The standard InChI is InChI=1S/C3H5N3OS/c4-6-2(7)1-5-3(6)8/h1,7H,4H2,(H,5,8). The van der Waals surface area contributed by atoms with Crippen LogP contribution in [0.25, 0.3) is 0 Å². The smallest absolute Gasteiger partial charge is 0.229 e. The zero-order valence-corrected chi connectivity index (χ0v) is 4.77. The molecule has 0 bridgehead atoms. The number of aromatic amines is 1. The van der Waals surface area contributed by atoms with E-state index in [1.807, 2.05) is 0 Å². The largest absolute Gasteiger partial charge is 0.492 e. The van der Waals surface area contributed by atoms with Gasteiger partial charge in [0.25, 0.3) is 0 Å². The van der Waals surface area contributed by atoms with Crippen LogP contribution < -0.4 is 5.84 Å². The summed E-state index contributed by atoms with van der Waals surface area (Å²) in [4.78, 5) is 2.54. The molecule has 0 spiro atoms. The Morgan fingerprint density at radius 1 is 1.88 bits per heavy atom. The van der Waals surface area contributed by atoms with Crippen molar-refractivity contribution in [1.82, 2.24) is 9.66 Å². The van der Waals surface area contributed by atoms with Crippen LogP contribution in [0, 0.1) is 4.77 Å². The van der Waals surface area contributed by atoms with Gasteiger partial charge in [0.2, 0.25) is 5.88 Å². The van der Waals surface area contributed by atoms with Crippen molar-refractivity contribution in [1.29, 1.82) is 0 Å². The molecular formula is C3H5N3OS. The minimum atomic E-state index is -0.0602. The topological polar surface area (TPSA) is 67.0 Å². The van der Waals surface area contributed by atoms with Crippen LogP contribution >= 0.6 is 12.2 Å². The Morgan fingerprint density at radius 3 is 2.62 bits per heavy atom. The Morgan fingerprint density at radius 2 is 2.50 bits per heavy atom. The summed E-state index contributed by atoms with van der Waals surface area (Å²) in [5.41, 5.74) is 0. The molecule has 1 heterocycles. The predicted octanol–water partition coefficient (Wildman–Crippen LogP) is -0.0349. The maximum atomic E-state index is 8.68. The number of aromatic hydroxyl groups is 1. The maximum Gasteiger partial charge on any atom is 0.229 e. The molecule has 1 rings (SSSR count). The molecule has 44 valence electrons. The average molecular weight is 131 g/mol. The van der Waals surface area contributed by atoms with Crippen molar-refractivity contribution in [3.05, 3.63) is 11.0 Å². The number of H-pyrrole nitrogens is 1. The molecular weight excluding hydrogens is 126 g/mol. The number of aromatic nitrogens is 2. The molecule has 5 heteroatoms. The van der Waals surface area contributed by atoms with Gasteiger partial charge in [-0.1, -0.05) is 0 Å². The van der Waals surface area contributed by atoms with Crippen LogP contribution in [-0.2, 0) is 0 Å². The SMILES string of the molecule is Nn1c(O)c[nH]c1=S. The summed E-state index contributed by atoms with van der Waals surface area (Å²) in [7, 11) is 0. The van der Waals surface area contributed by atoms with Crippen LogP contribution in [0.4, 0.5) is 0 Å². The summed E-state index contributed by atoms with van der Waals surface area (Å²) in [5, 5.41) is 8.68. The summed E-state index contributed by atoms with van der Waals surface area (Å²) >= 11 is 4.60. The second-order valence-electron chi connectivity index (χ2n) is 1.32. The van der Waals surface area contributed by atoms with Crippen LogP contribution in [0.15, 0.2) is 6.20 Å². The number of rotatable bonds is 0. The first kappa shape index (κ1) is 5.17. The quantitative estimate of drug-likeness (QED) is 0.342. The maximum absolute atomic E-state index is 8.68. The van der Waals surface area contributed by atoms with Crippen molar-refractivity contribution in [2.24, 2.45) is 0 Å². The first-order valence-corrected chi connectivity index (χ1v) is 2.37. The van der Waals surface area contributed by atoms with Crippen LogP contribution in [0.3, 0.4) is 0 Å². The highest BCUT2D eigenvalue weighted by Gasteiger charge is 1.92. The number of imidazole rings is 1. The highest BCUT2D eigenvalue weighted by molar-refractivity contribution is 7.71. The minimum Gasteiger partial charge on any atom is -0.492 e. The van der Waals surface area contributed by atoms with Gasteiger partial charge in [0.15, 0.2) is 4.77 Å². The monoisotopic (exact) mass is 131 g/mol. The Hall–Kier alpha value is -0.970. The molecule has 4 nitrogen and oxygen atoms in total. The van der Waals surface area contributed by atoms with Crippen LogP contribution in [-0.4, -0.2) is 14.8 Å². The Balaban J connectivity index is 3.41. The van der Waals surface area contributed by atoms with E-state index >= 15 is 0 Å². The van der Waals surface area contributed by atoms with Crippen molar-refractivity contribution in [3.63, 3.8) is 0 Å². The molecule has 0 aliphatic rings. The van der Waals surface area contributed by atoms with Crippen LogP contribution in [0.5, 0.6) is 5.88 Å². The highest BCUT2D eigenvalue weighted by atomic mass is 32.1. The van der Waals surface area contributed by atoms with Gasteiger partial charge in [0.05, 0.1) is 6.20 Å². The second kappa shape index (κ2) is 1.52. The van der Waals surface area contributed by atoms with Gasteiger partial charge in [-0.25, -0.2) is 4.68 Å². The van der Waals surface area contributed by atoms with Gasteiger partial charge in [-0.3, -0.25) is 0 Å². The molecule has 0 atom stereocenters. The van der Waals surface area contributed by atoms with Gasteiger partial charge in [-0.2, -0.15) is 0 Å². The summed E-state index contributed by atoms with van der Waals surface area (Å²) in [5.74, 6) is 5.07. The van der Waals surface area contributed by atoms with Crippen molar-refractivity contribution in [2.75, 3.05) is 5.84 Å². The summed E-state index contributed by atoms with van der Waals surface area (Å²) in [6.45, 7) is 0. The van der Waals surface area contributed by atoms with Crippen LogP contribution in [0.2, 0.25) is 0 Å². The predicted molar refractivity (Wildman–Crippen MR) is 31.4 cm³/mol. The van der Waals surface area contributed by atoms with E-state index < -0.39 is 0 Å². The third kappa shape index (κ3) is 0.564. The number of nitrogen functional groups attached to an aromatic ring is 1. The number of nitrogens with one attached hydrogen (secondary N) is 1. The molecule has 8 heavy (non-hydrogen) atoms. The Kier molecular flexibility index (Phi) is 0.980. The van der Waals surface area contributed by atoms with Gasteiger partial charge < -0.3 is 15.9 Å². The summed E-state index contributed by atoms with van der Waals surface area (Å²) < 4.78 is 1.29. The molecule has 0 fully saturated rings. The normalized spacial score (nSPS) is 9.50. The minimum absolute atomic E-state index is 0.0602. The van der Waals surface area contributed by atoms with E-state index in [9.17, 15) is 0 Å². The lowest BCUT2D eigenvalue weighted by atomic mass is 10.9. The van der Waals surface area contributed by atoms with E-state index in [0.29, 0.717) is 4.77 Å². The second-order valence-corrected chi connectivity index (χ2v) is 1.71. The third-order valence-electron chi connectivity index (χ3n) is 0.790. The van der Waals surface area contributed by atoms with Gasteiger partial charge in [0.1, 0.15) is 0 Å². The van der Waals surface area contributed by atoms with E-state index in [1.54, 1.807) is 0 Å². The molecule has 0 saturated heterocycles. The summed E-state index contributed by atoms with van der Waals surface area (Å²) in [6, 6.07) is 0. The van der Waals surface area contributed by atoms with E-state index in [2.05, 4.69) is 17.2 Å². The molecule has 0 saturated carbocycles. The molecule has 0 unspecified atom stereocenters. The van der Waals surface area contributed by atoms with Gasteiger partial charge in [0, 0.05) is 0 Å². The number of hydrogen-bond acceptors (Lipinski definition) is 3. The van der Waals surface area contributed by atoms with Gasteiger partial charge >= 0.3 is 0 Å². The lowest BCUT2D eigenvalue weighted by Gasteiger charge is -1.88. The van der Waals surface area contributed by atoms with Crippen molar-refractivity contribution >= 4 is 12.2 Å². The number of nitrogens with zero attached hydrogens (tertiary/aromatic N) is 1. The van der Waals surface area contributed by atoms with Crippen LogP contribution in [0.1, 0.15) is 0 Å². The van der Waals surface area contributed by atoms with Crippen molar-refractivity contribution < 1.29 is 5.11 Å². The fraction of sp³-hybridized carbons (Fsp3) is 0. The van der Waals surface area contributed by atoms with E-state index in [0.717, 1.165) is 4.68 Å². The first-order valence-electron chi connectivity index (χ1n) is 1.96. The number of hydrogen-bond donors (Lipinski definition) is 3. The molecule has 0 aliphatic carbocycles. The summed E-state index contributed by atoms with van der Waals surface area (Å²) in [6.07, 6.45) is 1.32. The fourth-order valence-corrected chi connectivity index (χ4v) is 0.522. The first-order chi connectivity index (χ1) is 3.72. The molecule has 0 aliphatic heterocycles. The molecule has 1 aromatic rings. The van der Waals surface area contributed by atoms with E-state index in [4.69, 9.17) is 10.9 Å². The third-order valence-corrected chi connectivity index (χ3v) is 1.10. The van der Waals surface area contributed by atoms with Gasteiger partial charge in [-0.15, -0.1) is 0 Å². The highest BCUT2D eigenvalue weighted by Crippen LogP contribution is 2.01. The zero-order valence-electron chi connectivity index (χ0n) is 3.96. The fourth-order valence-electron chi connectivity index (χ4n) is 0.369. The zero-order chi connectivity index (χ0) is 6.15. The van der Waals surface area contributed by atoms with E-state index in [1.165, 1.54) is 6.20 Å².